The number of hydrogen-bond acceptors (Lipinski definition) is 5. The minimum atomic E-state index is -0.455. The predicted molar refractivity (Wildman–Crippen MR) is 109 cm³/mol. The van der Waals surface area contributed by atoms with Crippen LogP contribution in [0.25, 0.3) is 0 Å². The van der Waals surface area contributed by atoms with E-state index in [-0.39, 0.29) is 18.9 Å². The molecule has 148 valence electrons. The van der Waals surface area contributed by atoms with Crippen LogP contribution in [-0.4, -0.2) is 31.2 Å². The molecule has 0 saturated carbocycles. The summed E-state index contributed by atoms with van der Waals surface area (Å²) in [5.74, 6) is 0.337. The van der Waals surface area contributed by atoms with Crippen LogP contribution in [0.15, 0.2) is 47.6 Å². The van der Waals surface area contributed by atoms with Crippen LogP contribution in [0, 0.1) is 0 Å². The zero-order valence-corrected chi connectivity index (χ0v) is 16.8. The van der Waals surface area contributed by atoms with Crippen molar-refractivity contribution in [1.82, 2.24) is 5.43 Å². The van der Waals surface area contributed by atoms with Gasteiger partial charge in [-0.25, -0.2) is 5.43 Å². The number of halogens is 2. The molecule has 0 heterocycles. The van der Waals surface area contributed by atoms with Gasteiger partial charge in [0.05, 0.1) is 24.2 Å². The Morgan fingerprint density at radius 1 is 1.07 bits per heavy atom. The normalized spacial score (nSPS) is 10.9. The standard InChI is InChI=1S/C19H19Cl2N3O4/c1-12(8-18(25)22-17-7-6-13(20)9-16(17)21)23-24-19(26)11-28-15-5-3-4-14(10-15)27-2/h3-7,9-10H,8,11H2,1-2H3,(H,22,25)(H,24,26)/b23-12+. The molecule has 0 aliphatic rings. The molecule has 0 radical (unpaired) electrons. The Hall–Kier alpha value is -2.77. The number of nitrogens with zero attached hydrogens (tertiary/aromatic N) is 1. The van der Waals surface area contributed by atoms with Gasteiger partial charge in [0.25, 0.3) is 5.91 Å². The molecule has 9 heteroatoms. The summed E-state index contributed by atoms with van der Waals surface area (Å²) in [5.41, 5.74) is 3.20. The molecule has 0 saturated heterocycles. The maximum absolute atomic E-state index is 12.0. The SMILES string of the molecule is COc1cccc(OCC(=O)N/N=C(\C)CC(=O)Nc2ccc(Cl)cc2Cl)c1. The molecule has 0 spiro atoms. The van der Waals surface area contributed by atoms with E-state index in [1.54, 1.807) is 50.4 Å². The van der Waals surface area contributed by atoms with Gasteiger partial charge in [-0.05, 0) is 37.3 Å². The maximum Gasteiger partial charge on any atom is 0.277 e. The summed E-state index contributed by atoms with van der Waals surface area (Å²) in [7, 11) is 1.54. The number of rotatable bonds is 8. The van der Waals surface area contributed by atoms with Crippen LogP contribution < -0.4 is 20.2 Å². The number of benzene rings is 2. The largest absolute Gasteiger partial charge is 0.497 e. The minimum absolute atomic E-state index is 0.0179. The van der Waals surface area contributed by atoms with Crippen LogP contribution >= 0.6 is 23.2 Å². The Balaban J connectivity index is 1.79. The minimum Gasteiger partial charge on any atom is -0.497 e. The zero-order valence-electron chi connectivity index (χ0n) is 15.3. The average molecular weight is 424 g/mol. The van der Waals surface area contributed by atoms with Crippen molar-refractivity contribution in [2.75, 3.05) is 19.0 Å². The lowest BCUT2D eigenvalue weighted by atomic mass is 10.2. The summed E-state index contributed by atoms with van der Waals surface area (Å²) in [5, 5.41) is 7.34. The number of nitrogens with one attached hydrogen (secondary N) is 2. The first kappa shape index (κ1) is 21.5. The maximum atomic E-state index is 12.0. The van der Waals surface area contributed by atoms with Gasteiger partial charge >= 0.3 is 0 Å². The van der Waals surface area contributed by atoms with E-state index in [2.05, 4.69) is 15.8 Å². The number of hydrazone groups is 1. The first-order chi connectivity index (χ1) is 13.4. The first-order valence-electron chi connectivity index (χ1n) is 8.21. The molecule has 2 N–H and O–H groups in total. The third-order valence-corrected chi connectivity index (χ3v) is 3.95. The summed E-state index contributed by atoms with van der Waals surface area (Å²) in [4.78, 5) is 23.9. The third-order valence-electron chi connectivity index (χ3n) is 3.40. The number of ether oxygens (including phenoxy) is 2. The van der Waals surface area contributed by atoms with Crippen molar-refractivity contribution < 1.29 is 19.1 Å². The Morgan fingerprint density at radius 2 is 1.82 bits per heavy atom. The van der Waals surface area contributed by atoms with E-state index in [0.29, 0.717) is 32.9 Å². The summed E-state index contributed by atoms with van der Waals surface area (Å²) in [6.07, 6.45) is -0.0179. The van der Waals surface area contributed by atoms with E-state index in [4.69, 9.17) is 32.7 Å². The summed E-state index contributed by atoms with van der Waals surface area (Å²) in [6, 6.07) is 11.6. The number of methoxy groups -OCH3 is 1. The highest BCUT2D eigenvalue weighted by molar-refractivity contribution is 6.36. The van der Waals surface area contributed by atoms with Crippen LogP contribution in [0.3, 0.4) is 0 Å². The van der Waals surface area contributed by atoms with Crippen molar-refractivity contribution in [2.24, 2.45) is 5.10 Å². The summed E-state index contributed by atoms with van der Waals surface area (Å²) in [6.45, 7) is 1.39. The topological polar surface area (TPSA) is 89.0 Å². The fourth-order valence-corrected chi connectivity index (χ4v) is 2.54. The number of hydrogen-bond donors (Lipinski definition) is 2. The lowest BCUT2D eigenvalue weighted by Crippen LogP contribution is -2.26. The monoisotopic (exact) mass is 423 g/mol. The number of carbonyl (C=O) groups excluding carboxylic acids is 2. The molecule has 0 unspecified atom stereocenters. The van der Waals surface area contributed by atoms with E-state index in [1.807, 2.05) is 0 Å². The van der Waals surface area contributed by atoms with E-state index < -0.39 is 5.91 Å². The Morgan fingerprint density at radius 3 is 2.54 bits per heavy atom. The molecule has 2 aromatic rings. The van der Waals surface area contributed by atoms with Crippen LogP contribution in [0.5, 0.6) is 11.5 Å². The second kappa shape index (κ2) is 10.5. The van der Waals surface area contributed by atoms with Gasteiger partial charge in [-0.15, -0.1) is 0 Å². The Kier molecular flexibility index (Phi) is 8.10. The molecule has 0 aliphatic carbocycles. The van der Waals surface area contributed by atoms with Crippen molar-refractivity contribution in [3.05, 3.63) is 52.5 Å². The fourth-order valence-electron chi connectivity index (χ4n) is 2.09. The van der Waals surface area contributed by atoms with Crippen LogP contribution in [0.2, 0.25) is 10.0 Å². The van der Waals surface area contributed by atoms with E-state index in [0.717, 1.165) is 0 Å². The molecular weight excluding hydrogens is 405 g/mol. The predicted octanol–water partition coefficient (Wildman–Crippen LogP) is 3.90. The second-order valence-corrected chi connectivity index (χ2v) is 6.54. The van der Waals surface area contributed by atoms with Crippen molar-refractivity contribution in [3.8, 4) is 11.5 Å². The quantitative estimate of drug-likeness (QED) is 0.497. The van der Waals surface area contributed by atoms with Crippen molar-refractivity contribution in [2.45, 2.75) is 13.3 Å². The van der Waals surface area contributed by atoms with Crippen LogP contribution in [0.4, 0.5) is 5.69 Å². The Labute approximate surface area is 172 Å². The highest BCUT2D eigenvalue weighted by Gasteiger charge is 2.09. The van der Waals surface area contributed by atoms with Crippen LogP contribution in [-0.2, 0) is 9.59 Å². The summed E-state index contributed by atoms with van der Waals surface area (Å²) >= 11 is 11.8. The van der Waals surface area contributed by atoms with Gasteiger partial charge in [0.1, 0.15) is 11.5 Å². The first-order valence-corrected chi connectivity index (χ1v) is 8.96. The van der Waals surface area contributed by atoms with Gasteiger partial charge in [-0.2, -0.15) is 5.10 Å². The van der Waals surface area contributed by atoms with Crippen molar-refractivity contribution in [3.63, 3.8) is 0 Å². The lowest BCUT2D eigenvalue weighted by Gasteiger charge is -2.08. The zero-order chi connectivity index (χ0) is 20.5. The van der Waals surface area contributed by atoms with Gasteiger partial charge in [0.15, 0.2) is 6.61 Å². The molecule has 2 amide bonds. The molecule has 2 aromatic carbocycles. The fraction of sp³-hybridized carbons (Fsp3) is 0.211. The molecule has 2 rings (SSSR count). The molecular formula is C19H19Cl2N3O4. The number of carbonyl (C=O) groups is 2. The van der Waals surface area contributed by atoms with Gasteiger partial charge in [-0.3, -0.25) is 9.59 Å². The van der Waals surface area contributed by atoms with E-state index >= 15 is 0 Å². The Bertz CT molecular complexity index is 887. The molecule has 0 atom stereocenters. The lowest BCUT2D eigenvalue weighted by molar-refractivity contribution is -0.123. The summed E-state index contributed by atoms with van der Waals surface area (Å²) < 4.78 is 10.4. The second-order valence-electron chi connectivity index (χ2n) is 5.70. The van der Waals surface area contributed by atoms with Gasteiger partial charge in [0, 0.05) is 16.8 Å². The molecule has 7 nitrogen and oxygen atoms in total. The van der Waals surface area contributed by atoms with E-state index in [9.17, 15) is 9.59 Å². The smallest absolute Gasteiger partial charge is 0.277 e. The van der Waals surface area contributed by atoms with Crippen molar-refractivity contribution in [1.29, 1.82) is 0 Å². The molecule has 0 aliphatic heterocycles. The third kappa shape index (κ3) is 7.09. The number of anilines is 1. The highest BCUT2D eigenvalue weighted by Crippen LogP contribution is 2.25. The van der Waals surface area contributed by atoms with Crippen molar-refractivity contribution >= 4 is 46.4 Å². The molecule has 0 bridgehead atoms. The molecule has 0 fully saturated rings. The van der Waals surface area contributed by atoms with Gasteiger partial charge in [-0.1, -0.05) is 29.3 Å². The average Bonchev–Trinajstić information content (AvgIpc) is 2.67. The highest BCUT2D eigenvalue weighted by atomic mass is 35.5. The van der Waals surface area contributed by atoms with Gasteiger partial charge < -0.3 is 14.8 Å². The van der Waals surface area contributed by atoms with Crippen LogP contribution in [0.1, 0.15) is 13.3 Å². The molecule has 28 heavy (non-hydrogen) atoms. The molecule has 0 aromatic heterocycles. The number of amides is 2. The van der Waals surface area contributed by atoms with E-state index in [1.165, 1.54) is 6.07 Å². The van der Waals surface area contributed by atoms with Gasteiger partial charge in [0.2, 0.25) is 5.91 Å².